The number of aliphatic hydroxyl groups is 4. The molecule has 0 aromatic carbocycles. The number of aliphatic hydroxyl groups excluding tert-OH is 4. The van der Waals surface area contributed by atoms with Gasteiger partial charge in [0, 0.05) is 0 Å². The topological polar surface area (TPSA) is 190 Å². The second-order valence-electron chi connectivity index (χ2n) is 2.36. The summed E-state index contributed by atoms with van der Waals surface area (Å²) in [6.45, 7) is -0.500. The van der Waals surface area contributed by atoms with Gasteiger partial charge < -0.3 is 20.4 Å². The number of rotatable bonds is 2. The molecule has 0 aliphatic carbocycles. The lowest BCUT2D eigenvalue weighted by Crippen LogP contribution is -1.88. The average molecular weight is 316 g/mol. The molecular formula is C6H20O10S2. The Bertz CT molecular complexity index is 264. The monoisotopic (exact) mass is 316 g/mol. The van der Waals surface area contributed by atoms with Crippen molar-refractivity contribution in [2.45, 2.75) is 0 Å². The summed E-state index contributed by atoms with van der Waals surface area (Å²) in [5.74, 6) is 0. The maximum atomic E-state index is 9.19. The van der Waals surface area contributed by atoms with Gasteiger partial charge in [0.2, 0.25) is 0 Å². The van der Waals surface area contributed by atoms with E-state index in [-0.39, 0.29) is 26.4 Å². The van der Waals surface area contributed by atoms with Crippen LogP contribution < -0.4 is 0 Å². The molecule has 0 saturated heterocycles. The lowest BCUT2D eigenvalue weighted by Gasteiger charge is -1.70. The van der Waals surface area contributed by atoms with E-state index in [9.17, 15) is 16.8 Å². The molecule has 0 saturated carbocycles. The van der Waals surface area contributed by atoms with E-state index in [1.165, 1.54) is 0 Å². The fourth-order valence-corrected chi connectivity index (χ4v) is 0. The van der Waals surface area contributed by atoms with Crippen LogP contribution in [-0.2, 0) is 20.2 Å². The SMILES string of the molecule is CS(=O)(=O)O.CS(=O)(=O)O.OCCO.OCCO. The molecule has 0 aromatic rings. The fourth-order valence-electron chi connectivity index (χ4n) is 0. The molecule has 0 radical (unpaired) electrons. The van der Waals surface area contributed by atoms with Crippen LogP contribution in [0, 0.1) is 0 Å². The van der Waals surface area contributed by atoms with Crippen LogP contribution in [0.15, 0.2) is 0 Å². The summed E-state index contributed by atoms with van der Waals surface area (Å²) < 4.78 is 51.7. The largest absolute Gasteiger partial charge is 0.394 e. The minimum Gasteiger partial charge on any atom is -0.394 e. The summed E-state index contributed by atoms with van der Waals surface area (Å²) in [5, 5.41) is 30.5. The molecule has 6 N–H and O–H groups in total. The zero-order valence-electron chi connectivity index (χ0n) is 9.96. The highest BCUT2D eigenvalue weighted by molar-refractivity contribution is 7.85. The minimum atomic E-state index is -3.67. The van der Waals surface area contributed by atoms with Crippen LogP contribution in [0.1, 0.15) is 0 Å². The van der Waals surface area contributed by atoms with Gasteiger partial charge in [0.1, 0.15) is 0 Å². The molecule has 0 bridgehead atoms. The molecule has 0 aromatic heterocycles. The zero-order chi connectivity index (χ0) is 15.8. The summed E-state index contributed by atoms with van der Waals surface area (Å²) in [6.07, 6.45) is 1.43. The van der Waals surface area contributed by atoms with Gasteiger partial charge in [-0.05, 0) is 0 Å². The van der Waals surface area contributed by atoms with E-state index in [0.29, 0.717) is 12.5 Å². The Labute approximate surface area is 106 Å². The molecule has 0 atom stereocenters. The molecular weight excluding hydrogens is 296 g/mol. The normalized spacial score (nSPS) is 9.78. The van der Waals surface area contributed by atoms with Gasteiger partial charge in [0.05, 0.1) is 38.9 Å². The molecule has 0 fully saturated rings. The lowest BCUT2D eigenvalue weighted by molar-refractivity contribution is 0.186. The smallest absolute Gasteiger partial charge is 0.261 e. The predicted octanol–water partition coefficient (Wildman–Crippen LogP) is -3.05. The molecule has 10 nitrogen and oxygen atoms in total. The maximum Gasteiger partial charge on any atom is 0.261 e. The first-order valence-corrected chi connectivity index (χ1v) is 7.81. The molecule has 0 heterocycles. The van der Waals surface area contributed by atoms with Crippen molar-refractivity contribution < 1.29 is 46.4 Å². The molecule has 0 spiro atoms. The molecule has 12 heteroatoms. The third-order valence-corrected chi connectivity index (χ3v) is 0.200. The third kappa shape index (κ3) is 1220. The first-order chi connectivity index (χ1) is 7.83. The molecule has 18 heavy (non-hydrogen) atoms. The van der Waals surface area contributed by atoms with E-state index < -0.39 is 20.2 Å². The van der Waals surface area contributed by atoms with Gasteiger partial charge in [-0.15, -0.1) is 0 Å². The van der Waals surface area contributed by atoms with E-state index in [1.807, 2.05) is 0 Å². The van der Waals surface area contributed by atoms with Gasteiger partial charge in [0.15, 0.2) is 0 Å². The zero-order valence-corrected chi connectivity index (χ0v) is 11.6. The first-order valence-electron chi connectivity index (χ1n) is 4.11. The van der Waals surface area contributed by atoms with E-state index in [0.717, 1.165) is 0 Å². The van der Waals surface area contributed by atoms with Gasteiger partial charge >= 0.3 is 0 Å². The van der Waals surface area contributed by atoms with E-state index in [1.54, 1.807) is 0 Å². The Balaban J connectivity index is -0.0000000731. The van der Waals surface area contributed by atoms with Crippen molar-refractivity contribution in [1.82, 2.24) is 0 Å². The van der Waals surface area contributed by atoms with Crippen molar-refractivity contribution in [2.24, 2.45) is 0 Å². The molecule has 0 unspecified atom stereocenters. The van der Waals surface area contributed by atoms with Crippen molar-refractivity contribution in [1.29, 1.82) is 0 Å². The van der Waals surface area contributed by atoms with Crippen LogP contribution in [0.25, 0.3) is 0 Å². The Kier molecular flexibility index (Phi) is 24.3. The molecule has 0 amide bonds. The van der Waals surface area contributed by atoms with E-state index in [4.69, 9.17) is 29.5 Å². The summed E-state index contributed by atoms with van der Waals surface area (Å²) in [5.41, 5.74) is 0. The average Bonchev–Trinajstić information content (AvgIpc) is 2.12. The highest BCUT2D eigenvalue weighted by Gasteiger charge is 1.82. The molecule has 0 aliphatic rings. The Hall–Kier alpha value is -0.340. The highest BCUT2D eigenvalue weighted by atomic mass is 32.2. The van der Waals surface area contributed by atoms with Gasteiger partial charge in [-0.1, -0.05) is 0 Å². The fraction of sp³-hybridized carbons (Fsp3) is 1.00. The highest BCUT2D eigenvalue weighted by Crippen LogP contribution is 1.61. The first kappa shape index (κ1) is 26.3. The van der Waals surface area contributed by atoms with Crippen LogP contribution >= 0.6 is 0 Å². The van der Waals surface area contributed by atoms with Crippen LogP contribution in [0.2, 0.25) is 0 Å². The van der Waals surface area contributed by atoms with Crippen molar-refractivity contribution in [3.05, 3.63) is 0 Å². The lowest BCUT2D eigenvalue weighted by atomic mass is 10.8. The van der Waals surface area contributed by atoms with Gasteiger partial charge in [-0.3, -0.25) is 9.11 Å². The second kappa shape index (κ2) is 16.7. The van der Waals surface area contributed by atoms with Crippen LogP contribution in [0.3, 0.4) is 0 Å². The molecule has 0 aliphatic heterocycles. The molecule has 116 valence electrons. The van der Waals surface area contributed by atoms with Crippen molar-refractivity contribution >= 4 is 20.2 Å². The van der Waals surface area contributed by atoms with E-state index >= 15 is 0 Å². The second-order valence-corrected chi connectivity index (χ2v) is 5.29. The summed E-state index contributed by atoms with van der Waals surface area (Å²) in [7, 11) is -7.33. The standard InChI is InChI=1S/2C2H6O2.2CH4O3S/c2*3-1-2-4;2*1-5(2,3)4/h2*3-4H,1-2H2;2*1H3,(H,2,3,4). The summed E-state index contributed by atoms with van der Waals surface area (Å²) >= 11 is 0. The van der Waals surface area contributed by atoms with Crippen LogP contribution in [0.4, 0.5) is 0 Å². The Morgan fingerprint density at radius 1 is 0.611 bits per heavy atom. The van der Waals surface area contributed by atoms with Gasteiger partial charge in [-0.2, -0.15) is 16.8 Å². The van der Waals surface area contributed by atoms with E-state index in [2.05, 4.69) is 0 Å². The van der Waals surface area contributed by atoms with Crippen molar-refractivity contribution in [3.8, 4) is 0 Å². The number of hydrogen-bond donors (Lipinski definition) is 6. The number of hydrogen-bond acceptors (Lipinski definition) is 8. The predicted molar refractivity (Wildman–Crippen MR) is 63.3 cm³/mol. The quantitative estimate of drug-likeness (QED) is 0.285. The Morgan fingerprint density at radius 2 is 0.667 bits per heavy atom. The molecule has 0 rings (SSSR count). The Morgan fingerprint density at radius 3 is 0.667 bits per heavy atom. The van der Waals surface area contributed by atoms with Crippen molar-refractivity contribution in [3.63, 3.8) is 0 Å². The minimum absolute atomic E-state index is 0.125. The van der Waals surface area contributed by atoms with Crippen molar-refractivity contribution in [2.75, 3.05) is 38.9 Å². The van der Waals surface area contributed by atoms with Gasteiger partial charge in [0.25, 0.3) is 20.2 Å². The summed E-state index contributed by atoms with van der Waals surface area (Å²) in [6, 6.07) is 0. The third-order valence-electron chi connectivity index (χ3n) is 0.200. The van der Waals surface area contributed by atoms with Crippen LogP contribution in [0.5, 0.6) is 0 Å². The van der Waals surface area contributed by atoms with Crippen LogP contribution in [-0.4, -0.2) is 85.3 Å². The summed E-state index contributed by atoms with van der Waals surface area (Å²) in [4.78, 5) is 0. The van der Waals surface area contributed by atoms with Gasteiger partial charge in [-0.25, -0.2) is 0 Å². The maximum absolute atomic E-state index is 9.19.